The molecule has 1 aliphatic rings. The number of nitrogens with two attached hydrogens (primary N) is 1. The van der Waals surface area contributed by atoms with Gasteiger partial charge in [0.2, 0.25) is 0 Å². The molecule has 2 atom stereocenters. The van der Waals surface area contributed by atoms with Crippen LogP contribution in [0.25, 0.3) is 0 Å². The Balaban J connectivity index is 2.32. The molecule has 2 rings (SSSR count). The third-order valence-electron chi connectivity index (χ3n) is 3.34. The molecule has 0 radical (unpaired) electrons. The van der Waals surface area contributed by atoms with Crippen molar-refractivity contribution >= 4 is 11.7 Å². The average molecular weight is 248 g/mol. The van der Waals surface area contributed by atoms with Crippen LogP contribution in [0, 0.1) is 11.8 Å². The zero-order valence-corrected chi connectivity index (χ0v) is 10.9. The fourth-order valence-electron chi connectivity index (χ4n) is 2.74. The molecule has 0 bridgehead atoms. The summed E-state index contributed by atoms with van der Waals surface area (Å²) in [5, 5.41) is 11.9. The van der Waals surface area contributed by atoms with E-state index in [1.54, 1.807) is 12.3 Å². The van der Waals surface area contributed by atoms with Gasteiger partial charge in [-0.1, -0.05) is 19.0 Å². The lowest BCUT2D eigenvalue weighted by atomic mass is 9.91. The van der Waals surface area contributed by atoms with E-state index in [4.69, 9.17) is 10.9 Å². The minimum Gasteiger partial charge on any atom is -0.409 e. The first-order valence-corrected chi connectivity index (χ1v) is 6.29. The molecular formula is C13H20N4O. The van der Waals surface area contributed by atoms with Gasteiger partial charge in [0.1, 0.15) is 5.82 Å². The molecule has 5 nitrogen and oxygen atoms in total. The minimum absolute atomic E-state index is 0.115. The number of oxime groups is 1. The molecule has 2 unspecified atom stereocenters. The summed E-state index contributed by atoms with van der Waals surface area (Å²) in [6.07, 6.45) is 2.98. The van der Waals surface area contributed by atoms with E-state index in [2.05, 4.69) is 28.9 Å². The van der Waals surface area contributed by atoms with Crippen LogP contribution in [-0.2, 0) is 0 Å². The van der Waals surface area contributed by atoms with Crippen molar-refractivity contribution in [3.8, 4) is 0 Å². The number of pyridine rings is 1. The van der Waals surface area contributed by atoms with E-state index in [-0.39, 0.29) is 5.84 Å². The second-order valence-electron chi connectivity index (χ2n) is 5.21. The topological polar surface area (TPSA) is 74.7 Å². The molecule has 0 spiro atoms. The third kappa shape index (κ3) is 2.55. The van der Waals surface area contributed by atoms with Crippen molar-refractivity contribution in [2.45, 2.75) is 20.3 Å². The van der Waals surface area contributed by atoms with E-state index in [0.29, 0.717) is 17.4 Å². The first-order valence-electron chi connectivity index (χ1n) is 6.29. The third-order valence-corrected chi connectivity index (χ3v) is 3.34. The fourth-order valence-corrected chi connectivity index (χ4v) is 2.74. The van der Waals surface area contributed by atoms with Crippen LogP contribution in [0.15, 0.2) is 23.5 Å². The van der Waals surface area contributed by atoms with Gasteiger partial charge >= 0.3 is 0 Å². The number of aromatic nitrogens is 1. The van der Waals surface area contributed by atoms with Crippen LogP contribution >= 0.6 is 0 Å². The molecule has 18 heavy (non-hydrogen) atoms. The molecule has 1 aliphatic heterocycles. The molecule has 5 heteroatoms. The van der Waals surface area contributed by atoms with Gasteiger partial charge in [0.15, 0.2) is 5.84 Å². The van der Waals surface area contributed by atoms with Gasteiger partial charge in [-0.25, -0.2) is 4.98 Å². The standard InChI is InChI=1S/C13H20N4O/c1-9-6-10(2)8-17(7-9)13-11(12(14)16-18)4-3-5-15-13/h3-5,9-10,18H,6-8H2,1-2H3,(H2,14,16). The summed E-state index contributed by atoms with van der Waals surface area (Å²) in [4.78, 5) is 6.62. The van der Waals surface area contributed by atoms with E-state index in [9.17, 15) is 0 Å². The van der Waals surface area contributed by atoms with Crippen LogP contribution in [0.1, 0.15) is 25.8 Å². The van der Waals surface area contributed by atoms with Gasteiger partial charge in [0.25, 0.3) is 0 Å². The largest absolute Gasteiger partial charge is 0.409 e. The maximum atomic E-state index is 8.83. The summed E-state index contributed by atoms with van der Waals surface area (Å²) in [6, 6.07) is 3.63. The predicted octanol–water partition coefficient (Wildman–Crippen LogP) is 1.66. The molecular weight excluding hydrogens is 228 g/mol. The highest BCUT2D eigenvalue weighted by Crippen LogP contribution is 2.26. The number of piperidine rings is 1. The first kappa shape index (κ1) is 12.7. The van der Waals surface area contributed by atoms with Gasteiger partial charge in [-0.15, -0.1) is 0 Å². The highest BCUT2D eigenvalue weighted by atomic mass is 16.4. The van der Waals surface area contributed by atoms with E-state index in [0.717, 1.165) is 18.9 Å². The Bertz CT molecular complexity index is 436. The van der Waals surface area contributed by atoms with Gasteiger partial charge in [-0.3, -0.25) is 0 Å². The van der Waals surface area contributed by atoms with E-state index in [1.165, 1.54) is 6.42 Å². The average Bonchev–Trinajstić information content (AvgIpc) is 2.36. The van der Waals surface area contributed by atoms with Crippen molar-refractivity contribution < 1.29 is 5.21 Å². The lowest BCUT2D eigenvalue weighted by Gasteiger charge is -2.36. The van der Waals surface area contributed by atoms with Crippen molar-refractivity contribution in [3.63, 3.8) is 0 Å². The van der Waals surface area contributed by atoms with Crippen molar-refractivity contribution in [1.82, 2.24) is 4.98 Å². The van der Waals surface area contributed by atoms with Gasteiger partial charge < -0.3 is 15.8 Å². The SMILES string of the molecule is CC1CC(C)CN(c2ncccc2/C(N)=N/O)C1. The Morgan fingerprint density at radius 3 is 2.72 bits per heavy atom. The summed E-state index contributed by atoms with van der Waals surface area (Å²) in [5.74, 6) is 2.20. The van der Waals surface area contributed by atoms with Crippen LogP contribution < -0.4 is 10.6 Å². The number of nitrogens with zero attached hydrogens (tertiary/aromatic N) is 3. The Hall–Kier alpha value is -1.78. The number of anilines is 1. The van der Waals surface area contributed by atoms with Gasteiger partial charge in [-0.2, -0.15) is 0 Å². The van der Waals surface area contributed by atoms with Crippen molar-refractivity contribution in [1.29, 1.82) is 0 Å². The monoisotopic (exact) mass is 248 g/mol. The normalized spacial score (nSPS) is 25.2. The van der Waals surface area contributed by atoms with Gasteiger partial charge in [0, 0.05) is 19.3 Å². The molecule has 1 saturated heterocycles. The van der Waals surface area contributed by atoms with Crippen LogP contribution in [0.3, 0.4) is 0 Å². The zero-order chi connectivity index (χ0) is 13.1. The van der Waals surface area contributed by atoms with Gasteiger partial charge in [0.05, 0.1) is 5.56 Å². The highest BCUT2D eigenvalue weighted by molar-refractivity contribution is 6.01. The second kappa shape index (κ2) is 5.25. The minimum atomic E-state index is 0.115. The maximum absolute atomic E-state index is 8.83. The molecule has 3 N–H and O–H groups in total. The van der Waals surface area contributed by atoms with E-state index in [1.807, 2.05) is 6.07 Å². The Kier molecular flexibility index (Phi) is 3.69. The molecule has 0 aromatic carbocycles. The molecule has 1 aromatic rings. The van der Waals surface area contributed by atoms with E-state index >= 15 is 0 Å². The summed E-state index contributed by atoms with van der Waals surface area (Å²) < 4.78 is 0. The summed E-state index contributed by atoms with van der Waals surface area (Å²) in [6.45, 7) is 6.42. The van der Waals surface area contributed by atoms with Crippen LogP contribution in [0.2, 0.25) is 0 Å². The van der Waals surface area contributed by atoms with Crippen molar-refractivity contribution in [2.75, 3.05) is 18.0 Å². The lowest BCUT2D eigenvalue weighted by Crippen LogP contribution is -2.40. The Morgan fingerprint density at radius 1 is 1.44 bits per heavy atom. The molecule has 0 amide bonds. The van der Waals surface area contributed by atoms with Crippen molar-refractivity contribution in [2.24, 2.45) is 22.7 Å². The van der Waals surface area contributed by atoms with Crippen molar-refractivity contribution in [3.05, 3.63) is 23.9 Å². The first-order chi connectivity index (χ1) is 8.61. The summed E-state index contributed by atoms with van der Waals surface area (Å²) in [5.41, 5.74) is 6.40. The quantitative estimate of drug-likeness (QED) is 0.361. The number of amidine groups is 1. The summed E-state index contributed by atoms with van der Waals surface area (Å²) in [7, 11) is 0. The Labute approximate surface area is 107 Å². The van der Waals surface area contributed by atoms with E-state index < -0.39 is 0 Å². The molecule has 2 heterocycles. The number of hydrogen-bond donors (Lipinski definition) is 2. The maximum Gasteiger partial charge on any atom is 0.173 e. The number of hydrogen-bond acceptors (Lipinski definition) is 4. The molecule has 1 fully saturated rings. The van der Waals surface area contributed by atoms with Gasteiger partial charge in [-0.05, 0) is 30.4 Å². The van der Waals surface area contributed by atoms with Crippen LogP contribution in [-0.4, -0.2) is 29.1 Å². The lowest BCUT2D eigenvalue weighted by molar-refractivity contribution is 0.318. The molecule has 1 aromatic heterocycles. The predicted molar refractivity (Wildman–Crippen MR) is 71.9 cm³/mol. The molecule has 98 valence electrons. The smallest absolute Gasteiger partial charge is 0.173 e. The number of rotatable bonds is 2. The Morgan fingerprint density at radius 2 is 2.11 bits per heavy atom. The summed E-state index contributed by atoms with van der Waals surface area (Å²) >= 11 is 0. The van der Waals surface area contributed by atoms with Crippen LogP contribution in [0.5, 0.6) is 0 Å². The molecule has 0 saturated carbocycles. The molecule has 0 aliphatic carbocycles. The second-order valence-corrected chi connectivity index (χ2v) is 5.21. The zero-order valence-electron chi connectivity index (χ0n) is 10.9. The highest BCUT2D eigenvalue weighted by Gasteiger charge is 2.24. The fraction of sp³-hybridized carbons (Fsp3) is 0.538. The van der Waals surface area contributed by atoms with Crippen LogP contribution in [0.4, 0.5) is 5.82 Å².